The molecule has 4 aromatic heterocycles. The van der Waals surface area contributed by atoms with E-state index in [-0.39, 0.29) is 24.6 Å². The number of H-pyrrole nitrogens is 2. The number of hydrogen-bond acceptors (Lipinski definition) is 9. The van der Waals surface area contributed by atoms with Gasteiger partial charge in [-0.05, 0) is 23.4 Å². The van der Waals surface area contributed by atoms with Crippen LogP contribution < -0.4 is 4.74 Å². The van der Waals surface area contributed by atoms with Crippen molar-refractivity contribution in [3.05, 3.63) is 90.4 Å². The Kier molecular flexibility index (Phi) is 7.05. The minimum Gasteiger partial charge on any atom is -0.494 e. The number of methoxy groups -OCH3 is 1. The first kappa shape index (κ1) is 27.6. The number of ether oxygens (including phenoxy) is 1. The Balaban J connectivity index is 1.11. The van der Waals surface area contributed by atoms with Gasteiger partial charge in [0.25, 0.3) is 17.6 Å². The molecule has 0 saturated carbocycles. The number of aromatic amines is 2. The van der Waals surface area contributed by atoms with Crippen LogP contribution >= 0.6 is 0 Å². The number of ketones is 1. The molecule has 6 aromatic rings. The Labute approximate surface area is 255 Å². The average molecular weight is 603 g/mol. The van der Waals surface area contributed by atoms with Gasteiger partial charge in [0.1, 0.15) is 5.75 Å². The second-order valence-corrected chi connectivity index (χ2v) is 10.3. The van der Waals surface area contributed by atoms with Crippen LogP contribution in [-0.2, 0) is 4.79 Å². The largest absolute Gasteiger partial charge is 0.494 e. The Morgan fingerprint density at radius 1 is 0.889 bits per heavy atom. The third kappa shape index (κ3) is 5.07. The molecule has 0 atom stereocenters. The van der Waals surface area contributed by atoms with Crippen molar-refractivity contribution in [3.8, 4) is 34.2 Å². The fraction of sp³-hybridized carbons (Fsp3) is 0.161. The molecule has 0 aliphatic carbocycles. The number of pyridine rings is 1. The average Bonchev–Trinajstić information content (AvgIpc) is 3.90. The van der Waals surface area contributed by atoms with Crippen molar-refractivity contribution in [3.63, 3.8) is 0 Å². The first-order valence-corrected chi connectivity index (χ1v) is 14.1. The number of hydrogen-bond donors (Lipinski definition) is 2. The predicted octanol–water partition coefficient (Wildman–Crippen LogP) is 2.77. The summed E-state index contributed by atoms with van der Waals surface area (Å²) in [6.45, 7) is 1.17. The normalized spacial score (nSPS) is 13.3. The number of carbonyl (C=O) groups excluding carboxylic acids is 3. The second kappa shape index (κ2) is 11.5. The highest BCUT2D eigenvalue weighted by molar-refractivity contribution is 6.45. The second-order valence-electron chi connectivity index (χ2n) is 10.3. The molecule has 0 radical (unpaired) electrons. The summed E-state index contributed by atoms with van der Waals surface area (Å²) in [7, 11) is 1.48. The summed E-state index contributed by atoms with van der Waals surface area (Å²) in [5, 5.41) is 19.2. The third-order valence-corrected chi connectivity index (χ3v) is 7.78. The van der Waals surface area contributed by atoms with Crippen molar-refractivity contribution in [1.29, 1.82) is 0 Å². The molecule has 45 heavy (non-hydrogen) atoms. The quantitative estimate of drug-likeness (QED) is 0.206. The van der Waals surface area contributed by atoms with E-state index in [1.807, 2.05) is 48.5 Å². The van der Waals surface area contributed by atoms with E-state index < -0.39 is 11.7 Å². The van der Waals surface area contributed by atoms with E-state index in [0.29, 0.717) is 52.6 Å². The van der Waals surface area contributed by atoms with E-state index in [2.05, 4.69) is 30.6 Å². The lowest BCUT2D eigenvalue weighted by atomic mass is 10.1. The summed E-state index contributed by atoms with van der Waals surface area (Å²) >= 11 is 0. The number of nitrogens with zero attached hydrogens (tertiary/aromatic N) is 8. The zero-order valence-corrected chi connectivity index (χ0v) is 24.0. The van der Waals surface area contributed by atoms with Gasteiger partial charge in [-0.25, -0.2) is 9.67 Å². The number of amides is 2. The number of piperazine rings is 1. The third-order valence-electron chi connectivity index (χ3n) is 7.78. The van der Waals surface area contributed by atoms with Crippen LogP contribution in [0.5, 0.6) is 5.75 Å². The predicted molar refractivity (Wildman–Crippen MR) is 162 cm³/mol. The number of aromatic nitrogens is 8. The van der Waals surface area contributed by atoms with Crippen LogP contribution in [0.4, 0.5) is 0 Å². The lowest BCUT2D eigenvalue weighted by Crippen LogP contribution is -2.52. The van der Waals surface area contributed by atoms with E-state index in [1.165, 1.54) is 24.4 Å². The number of fused-ring (bicyclic) bond motifs is 1. The van der Waals surface area contributed by atoms with Gasteiger partial charge in [-0.15, -0.1) is 10.2 Å². The number of Topliss-reactive ketones (excluding diaryl/α,β-unsaturated/α-hetero) is 1. The first-order chi connectivity index (χ1) is 22.0. The van der Waals surface area contributed by atoms with Gasteiger partial charge < -0.3 is 19.5 Å². The fourth-order valence-electron chi connectivity index (χ4n) is 5.42. The van der Waals surface area contributed by atoms with Crippen LogP contribution in [0, 0.1) is 0 Å². The molecule has 1 saturated heterocycles. The van der Waals surface area contributed by atoms with Gasteiger partial charge >= 0.3 is 0 Å². The number of nitrogens with one attached hydrogen (secondary N) is 2. The maximum absolute atomic E-state index is 13.6. The van der Waals surface area contributed by atoms with Gasteiger partial charge in [-0.3, -0.25) is 14.4 Å². The molecule has 14 nitrogen and oxygen atoms in total. The van der Waals surface area contributed by atoms with Gasteiger partial charge in [0.05, 0.1) is 35.5 Å². The summed E-state index contributed by atoms with van der Waals surface area (Å²) in [6.07, 6.45) is 4.76. The fourth-order valence-corrected chi connectivity index (χ4v) is 5.42. The van der Waals surface area contributed by atoms with Crippen molar-refractivity contribution in [1.82, 2.24) is 50.2 Å². The molecule has 14 heteroatoms. The molecule has 1 fully saturated rings. The minimum atomic E-state index is -0.678. The highest BCUT2D eigenvalue weighted by atomic mass is 16.5. The lowest BCUT2D eigenvalue weighted by molar-refractivity contribution is -0.127. The minimum absolute atomic E-state index is 0.0990. The molecule has 0 spiro atoms. The van der Waals surface area contributed by atoms with Crippen molar-refractivity contribution in [2.75, 3.05) is 33.3 Å². The molecule has 224 valence electrons. The standard InChI is InChI=1S/C31H26N10O4/c1-45-24-18-33-29(41-12-11-23(36-41)19-7-9-20(10-8-19)28-34-37-38-35-28)26-25(24)22(17-32-26)27(42)31(44)40-15-13-39(14-16-40)30(43)21-5-3-2-4-6-21/h2-12,17-18,32H,13-16H2,1H3,(H,34,35,37,38). The number of benzene rings is 2. The van der Waals surface area contributed by atoms with Crippen LogP contribution in [-0.4, -0.2) is 101 Å². The zero-order valence-electron chi connectivity index (χ0n) is 24.0. The molecule has 2 N–H and O–H groups in total. The van der Waals surface area contributed by atoms with Crippen molar-refractivity contribution >= 4 is 28.5 Å². The van der Waals surface area contributed by atoms with Gasteiger partial charge in [0.2, 0.25) is 5.82 Å². The molecule has 0 unspecified atom stereocenters. The van der Waals surface area contributed by atoms with Gasteiger partial charge in [-0.2, -0.15) is 10.3 Å². The summed E-state index contributed by atoms with van der Waals surface area (Å²) in [4.78, 5) is 50.6. The Morgan fingerprint density at radius 3 is 2.33 bits per heavy atom. The van der Waals surface area contributed by atoms with Crippen LogP contribution in [0.1, 0.15) is 20.7 Å². The highest BCUT2D eigenvalue weighted by Crippen LogP contribution is 2.32. The maximum Gasteiger partial charge on any atom is 0.295 e. The van der Waals surface area contributed by atoms with Gasteiger partial charge in [0, 0.05) is 55.3 Å². The Bertz CT molecular complexity index is 2010. The molecule has 7 rings (SSSR count). The molecule has 1 aliphatic heterocycles. The van der Waals surface area contributed by atoms with Crippen molar-refractivity contribution in [2.45, 2.75) is 0 Å². The first-order valence-electron chi connectivity index (χ1n) is 14.1. The SMILES string of the molecule is COc1cnc(-n2ccc(-c3ccc(-c4nn[nH]n4)cc3)n2)c2[nH]cc(C(=O)C(=O)N3CCN(C(=O)c4ccccc4)CC3)c12. The maximum atomic E-state index is 13.6. The molecule has 1 aliphatic rings. The molecule has 2 aromatic carbocycles. The molecule has 0 bridgehead atoms. The van der Waals surface area contributed by atoms with E-state index in [0.717, 1.165) is 11.1 Å². The van der Waals surface area contributed by atoms with Crippen LogP contribution in [0.15, 0.2) is 79.3 Å². The summed E-state index contributed by atoms with van der Waals surface area (Å²) < 4.78 is 7.14. The van der Waals surface area contributed by atoms with Gasteiger partial charge in [0.15, 0.2) is 5.82 Å². The zero-order chi connectivity index (χ0) is 30.9. The van der Waals surface area contributed by atoms with Crippen LogP contribution in [0.25, 0.3) is 39.4 Å². The summed E-state index contributed by atoms with van der Waals surface area (Å²) in [5.41, 5.74) is 3.62. The van der Waals surface area contributed by atoms with Crippen molar-refractivity contribution < 1.29 is 19.1 Å². The van der Waals surface area contributed by atoms with Crippen LogP contribution in [0.2, 0.25) is 0 Å². The Morgan fingerprint density at radius 2 is 1.62 bits per heavy atom. The summed E-state index contributed by atoms with van der Waals surface area (Å²) in [6, 6.07) is 18.4. The van der Waals surface area contributed by atoms with Crippen molar-refractivity contribution in [2.24, 2.45) is 0 Å². The lowest BCUT2D eigenvalue weighted by Gasteiger charge is -2.34. The smallest absolute Gasteiger partial charge is 0.295 e. The summed E-state index contributed by atoms with van der Waals surface area (Å²) in [5.74, 6) is -0.156. The molecular formula is C31H26N10O4. The van der Waals surface area contributed by atoms with Crippen LogP contribution in [0.3, 0.4) is 0 Å². The Hall–Kier alpha value is -6.18. The highest BCUT2D eigenvalue weighted by Gasteiger charge is 2.31. The number of carbonyl (C=O) groups is 3. The van der Waals surface area contributed by atoms with E-state index in [1.54, 1.807) is 27.9 Å². The topological polar surface area (TPSA) is 168 Å². The van der Waals surface area contributed by atoms with E-state index in [9.17, 15) is 14.4 Å². The molecule has 2 amide bonds. The monoisotopic (exact) mass is 602 g/mol. The molecule has 5 heterocycles. The number of tetrazole rings is 1. The van der Waals surface area contributed by atoms with E-state index >= 15 is 0 Å². The molecular weight excluding hydrogens is 576 g/mol. The van der Waals surface area contributed by atoms with Gasteiger partial charge in [-0.1, -0.05) is 42.5 Å². The van der Waals surface area contributed by atoms with E-state index in [4.69, 9.17) is 9.84 Å². The number of rotatable bonds is 7.